The normalized spacial score (nSPS) is 25.4. The third-order valence-corrected chi connectivity index (χ3v) is 8.89. The highest BCUT2D eigenvalue weighted by atomic mass is 32.2. The van der Waals surface area contributed by atoms with Crippen molar-refractivity contribution in [3.63, 3.8) is 0 Å². The topological polar surface area (TPSA) is 117 Å². The summed E-state index contributed by atoms with van der Waals surface area (Å²) in [4.78, 5) is 17.7. The Morgan fingerprint density at radius 1 is 1.25 bits per heavy atom. The lowest BCUT2D eigenvalue weighted by atomic mass is 9.86. The van der Waals surface area contributed by atoms with E-state index >= 15 is 0 Å². The Morgan fingerprint density at radius 3 is 2.83 bits per heavy atom. The van der Waals surface area contributed by atoms with Crippen LogP contribution in [0.15, 0.2) is 59.9 Å². The van der Waals surface area contributed by atoms with Crippen LogP contribution >= 0.6 is 0 Å². The predicted octanol–water partition coefficient (Wildman–Crippen LogP) is 3.27. The first-order chi connectivity index (χ1) is 17.2. The van der Waals surface area contributed by atoms with Gasteiger partial charge >= 0.3 is 0 Å². The molecule has 3 atom stereocenters. The zero-order chi connectivity index (χ0) is 25.5. The van der Waals surface area contributed by atoms with Crippen LogP contribution in [0.1, 0.15) is 43.0 Å². The van der Waals surface area contributed by atoms with Crippen molar-refractivity contribution in [3.8, 4) is 17.6 Å². The number of aryl methyl sites for hydroxylation is 1. The van der Waals surface area contributed by atoms with E-state index in [-0.39, 0.29) is 41.0 Å². The summed E-state index contributed by atoms with van der Waals surface area (Å²) in [5.41, 5.74) is 0.773. The van der Waals surface area contributed by atoms with Gasteiger partial charge in [0.1, 0.15) is 23.1 Å². The molecule has 36 heavy (non-hydrogen) atoms. The summed E-state index contributed by atoms with van der Waals surface area (Å²) in [6, 6.07) is 13.6. The molecule has 1 aromatic heterocycles. The smallest absolute Gasteiger partial charge is 0.243 e. The number of rotatable bonds is 1. The van der Waals surface area contributed by atoms with Gasteiger partial charge in [-0.1, -0.05) is 12.1 Å². The lowest BCUT2D eigenvalue weighted by Gasteiger charge is -2.34. The van der Waals surface area contributed by atoms with Crippen LogP contribution in [-0.4, -0.2) is 41.3 Å². The monoisotopic (exact) mass is 505 g/mol. The molecule has 3 heterocycles. The number of imidazole rings is 1. The summed E-state index contributed by atoms with van der Waals surface area (Å²) in [6.07, 6.45) is 5.01. The Balaban J connectivity index is 1.69. The summed E-state index contributed by atoms with van der Waals surface area (Å²) in [6.45, 7) is 2.57. The minimum absolute atomic E-state index is 0.106. The van der Waals surface area contributed by atoms with Gasteiger partial charge < -0.3 is 14.6 Å². The first-order valence-electron chi connectivity index (χ1n) is 11.8. The number of benzene rings is 2. The molecule has 6 bridgehead atoms. The van der Waals surface area contributed by atoms with E-state index in [9.17, 15) is 18.5 Å². The van der Waals surface area contributed by atoms with E-state index in [1.54, 1.807) is 42.9 Å². The van der Waals surface area contributed by atoms with E-state index in [0.717, 1.165) is 12.1 Å². The molecule has 0 radical (unpaired) electrons. The highest BCUT2D eigenvalue weighted by Gasteiger charge is 2.37. The maximum Gasteiger partial charge on any atom is 0.243 e. The molecule has 9 nitrogen and oxygen atoms in total. The first-order valence-corrected chi connectivity index (χ1v) is 13.3. The molecule has 2 aliphatic heterocycles. The Bertz CT molecular complexity index is 1480. The minimum atomic E-state index is -3.77. The van der Waals surface area contributed by atoms with Crippen LogP contribution in [0, 0.1) is 17.2 Å². The number of hydrogen-bond acceptors (Lipinski definition) is 6. The van der Waals surface area contributed by atoms with Gasteiger partial charge in [0.15, 0.2) is 0 Å². The van der Waals surface area contributed by atoms with Crippen molar-refractivity contribution in [1.29, 1.82) is 5.26 Å². The Labute approximate surface area is 210 Å². The molecule has 1 N–H and O–H groups in total. The van der Waals surface area contributed by atoms with E-state index in [0.29, 0.717) is 24.3 Å². The number of amides is 1. The molecule has 2 aromatic carbocycles. The van der Waals surface area contributed by atoms with Crippen molar-refractivity contribution < 1.29 is 17.9 Å². The van der Waals surface area contributed by atoms with Crippen molar-refractivity contribution in [2.24, 2.45) is 13.0 Å². The molecular weight excluding hydrogens is 478 g/mol. The third-order valence-electron chi connectivity index (χ3n) is 7.02. The molecule has 1 saturated heterocycles. The highest BCUT2D eigenvalue weighted by Crippen LogP contribution is 2.36. The quantitative estimate of drug-likeness (QED) is 0.543. The number of hydrogen-bond donors (Lipinski definition) is 1. The number of nitriles is 1. The van der Waals surface area contributed by atoms with Crippen molar-refractivity contribution >= 4 is 15.9 Å². The third kappa shape index (κ3) is 4.25. The number of piperidine rings is 1. The predicted molar refractivity (Wildman–Crippen MR) is 132 cm³/mol. The molecule has 0 spiro atoms. The van der Waals surface area contributed by atoms with E-state index < -0.39 is 15.6 Å². The Hall–Kier alpha value is -3.68. The van der Waals surface area contributed by atoms with E-state index in [1.807, 2.05) is 18.5 Å². The maximum atomic E-state index is 13.4. The summed E-state index contributed by atoms with van der Waals surface area (Å²) in [5.74, 6) is 0.274. The van der Waals surface area contributed by atoms with Crippen molar-refractivity contribution in [2.45, 2.75) is 36.6 Å². The van der Waals surface area contributed by atoms with Crippen molar-refractivity contribution in [1.82, 2.24) is 19.2 Å². The molecule has 0 saturated carbocycles. The minimum Gasteiger partial charge on any atom is -0.456 e. The first kappa shape index (κ1) is 24.0. The molecule has 1 fully saturated rings. The molecular formula is C26H27N5O4S. The second-order valence-electron chi connectivity index (χ2n) is 9.54. The largest absolute Gasteiger partial charge is 0.456 e. The zero-order valence-corrected chi connectivity index (χ0v) is 21.0. The summed E-state index contributed by atoms with van der Waals surface area (Å²) in [5, 5.41) is 12.9. The van der Waals surface area contributed by atoms with Gasteiger partial charge in [-0.2, -0.15) is 9.57 Å². The second-order valence-corrected chi connectivity index (χ2v) is 11.5. The van der Waals surface area contributed by atoms with Crippen LogP contribution in [0.5, 0.6) is 11.5 Å². The SMILES string of the molecule is Cn1cncc1C1(C)NC(=O)CC2CCCN(C2)S(=O)(=O)c2cccc(c2)Oc2cc1ccc2C#N. The van der Waals surface area contributed by atoms with Crippen LogP contribution in [0.25, 0.3) is 0 Å². The second kappa shape index (κ2) is 9.08. The lowest BCUT2D eigenvalue weighted by Crippen LogP contribution is -2.47. The lowest BCUT2D eigenvalue weighted by molar-refractivity contribution is -0.123. The Kier molecular flexibility index (Phi) is 6.06. The van der Waals surface area contributed by atoms with Gasteiger partial charge in [-0.15, -0.1) is 0 Å². The maximum absolute atomic E-state index is 13.4. The van der Waals surface area contributed by atoms with E-state index in [4.69, 9.17) is 4.74 Å². The molecule has 10 heteroatoms. The number of fused-ring (bicyclic) bond motifs is 6. The fraction of sp³-hybridized carbons (Fsp3) is 0.346. The molecule has 2 aliphatic rings. The fourth-order valence-corrected chi connectivity index (χ4v) is 6.70. The molecule has 3 unspecified atom stereocenters. The number of ether oxygens (including phenoxy) is 1. The van der Waals surface area contributed by atoms with E-state index in [2.05, 4.69) is 16.4 Å². The average Bonchev–Trinajstić information content (AvgIpc) is 3.30. The number of nitrogens with zero attached hydrogens (tertiary/aromatic N) is 4. The summed E-state index contributed by atoms with van der Waals surface area (Å²) in [7, 11) is -1.92. The van der Waals surface area contributed by atoms with Crippen LogP contribution < -0.4 is 10.1 Å². The van der Waals surface area contributed by atoms with Gasteiger partial charge in [0.05, 0.1) is 28.7 Å². The van der Waals surface area contributed by atoms with Gasteiger partial charge in [0, 0.05) is 32.6 Å². The number of sulfonamides is 1. The van der Waals surface area contributed by atoms with Crippen LogP contribution in [-0.2, 0) is 27.4 Å². The highest BCUT2D eigenvalue weighted by molar-refractivity contribution is 7.89. The van der Waals surface area contributed by atoms with Gasteiger partial charge in [-0.25, -0.2) is 13.4 Å². The van der Waals surface area contributed by atoms with Crippen LogP contribution in [0.2, 0.25) is 0 Å². The molecule has 186 valence electrons. The van der Waals surface area contributed by atoms with Gasteiger partial charge in [-0.3, -0.25) is 4.79 Å². The number of aromatic nitrogens is 2. The van der Waals surface area contributed by atoms with Gasteiger partial charge in [-0.05, 0) is 55.5 Å². The standard InChI is InChI=1S/C26H27N5O4S/c1-26(24-15-28-17-30(24)2)20-9-8-19(14-27)23(12-20)35-21-6-3-7-22(13-21)36(33,34)31-10-4-5-18(16-31)11-25(32)29-26/h3,6-9,12-13,15,17-18H,4-5,10-11,16H2,1-2H3,(H,29,32). The zero-order valence-electron chi connectivity index (χ0n) is 20.1. The summed E-state index contributed by atoms with van der Waals surface area (Å²) < 4.78 is 36.2. The van der Waals surface area contributed by atoms with E-state index in [1.165, 1.54) is 16.4 Å². The number of carbonyl (C=O) groups excluding carboxylic acids is 1. The van der Waals surface area contributed by atoms with Gasteiger partial charge in [0.25, 0.3) is 0 Å². The number of carbonyl (C=O) groups is 1. The number of nitrogens with one attached hydrogen (secondary N) is 1. The molecule has 3 aromatic rings. The van der Waals surface area contributed by atoms with Gasteiger partial charge in [0.2, 0.25) is 15.9 Å². The van der Waals surface area contributed by atoms with Crippen LogP contribution in [0.3, 0.4) is 0 Å². The van der Waals surface area contributed by atoms with Crippen molar-refractivity contribution in [2.75, 3.05) is 13.1 Å². The fourth-order valence-electron chi connectivity index (χ4n) is 5.11. The van der Waals surface area contributed by atoms with Crippen molar-refractivity contribution in [3.05, 3.63) is 71.8 Å². The molecule has 1 amide bonds. The van der Waals surface area contributed by atoms with Crippen LogP contribution in [0.4, 0.5) is 0 Å². The molecule has 0 aliphatic carbocycles. The molecule has 5 rings (SSSR count). The average molecular weight is 506 g/mol. The Morgan fingerprint density at radius 2 is 2.08 bits per heavy atom. The summed E-state index contributed by atoms with van der Waals surface area (Å²) >= 11 is 0.